The molecule has 142 valence electrons. The molecule has 0 bridgehead atoms. The molecule has 4 atom stereocenters. The maximum Gasteiger partial charge on any atom is 0.311 e. The summed E-state index contributed by atoms with van der Waals surface area (Å²) in [5.41, 5.74) is 2.04. The predicted molar refractivity (Wildman–Crippen MR) is 101 cm³/mol. The molecule has 2 saturated heterocycles. The summed E-state index contributed by atoms with van der Waals surface area (Å²) in [7, 11) is 0. The molecule has 3 fully saturated rings. The van der Waals surface area contributed by atoms with Crippen molar-refractivity contribution in [3.05, 3.63) is 23.3 Å². The highest BCUT2D eigenvalue weighted by Crippen LogP contribution is 2.53. The number of carbonyl (C=O) groups excluding carboxylic acids is 2. The molecule has 4 rings (SSSR count). The van der Waals surface area contributed by atoms with E-state index in [1.54, 1.807) is 6.08 Å². The molecule has 4 heteroatoms. The summed E-state index contributed by atoms with van der Waals surface area (Å²) in [4.78, 5) is 27.5. The average Bonchev–Trinajstić information content (AvgIpc) is 2.86. The van der Waals surface area contributed by atoms with Gasteiger partial charge in [-0.25, -0.2) is 0 Å². The van der Waals surface area contributed by atoms with Crippen LogP contribution >= 0.6 is 0 Å². The molecular formula is C22H31NO3. The standard InChI is InChI=1S/C22H31NO3/c1-14-17(24)7-10-22(4)9-6-15-16(20(25)26-19(15)18(14)22)12-23-11-5-8-21(2,3)13-23/h7,10,15-16,19H,5-6,8-9,11-13H2,1-4H3/t15-,16-,19-,22-/m0/s1. The molecule has 0 aromatic heterocycles. The molecule has 2 aliphatic heterocycles. The second kappa shape index (κ2) is 6.05. The molecule has 4 aliphatic rings. The van der Waals surface area contributed by atoms with E-state index in [-0.39, 0.29) is 35.1 Å². The van der Waals surface area contributed by atoms with Crippen LogP contribution in [0.15, 0.2) is 23.3 Å². The number of ketones is 1. The Bertz CT molecular complexity index is 704. The molecular weight excluding hydrogens is 326 g/mol. The van der Waals surface area contributed by atoms with Crippen LogP contribution in [0.2, 0.25) is 0 Å². The molecule has 0 unspecified atom stereocenters. The number of ether oxygens (including phenoxy) is 1. The number of allylic oxidation sites excluding steroid dienone is 3. The maximum absolute atomic E-state index is 12.8. The van der Waals surface area contributed by atoms with Crippen molar-refractivity contribution in [1.82, 2.24) is 4.90 Å². The monoisotopic (exact) mass is 357 g/mol. The number of nitrogens with zero attached hydrogens (tertiary/aromatic N) is 1. The first-order valence-corrected chi connectivity index (χ1v) is 10.1. The van der Waals surface area contributed by atoms with E-state index >= 15 is 0 Å². The summed E-state index contributed by atoms with van der Waals surface area (Å²) >= 11 is 0. The van der Waals surface area contributed by atoms with Crippen molar-refractivity contribution in [3.8, 4) is 0 Å². The number of hydrogen-bond acceptors (Lipinski definition) is 4. The van der Waals surface area contributed by atoms with E-state index in [0.717, 1.165) is 43.6 Å². The third-order valence-electron chi connectivity index (χ3n) is 7.16. The van der Waals surface area contributed by atoms with Crippen molar-refractivity contribution in [2.24, 2.45) is 22.7 Å². The average molecular weight is 357 g/mol. The van der Waals surface area contributed by atoms with Crippen LogP contribution in [0, 0.1) is 22.7 Å². The Balaban J connectivity index is 1.57. The lowest BCUT2D eigenvalue weighted by molar-refractivity contribution is -0.144. The van der Waals surface area contributed by atoms with Crippen LogP contribution in [0.25, 0.3) is 0 Å². The molecule has 0 radical (unpaired) electrons. The first kappa shape index (κ1) is 18.0. The largest absolute Gasteiger partial charge is 0.457 e. The molecule has 0 aromatic rings. The van der Waals surface area contributed by atoms with Crippen molar-refractivity contribution in [2.45, 2.75) is 59.5 Å². The third-order valence-corrected chi connectivity index (χ3v) is 7.16. The Labute approximate surface area is 156 Å². The third kappa shape index (κ3) is 2.87. The quantitative estimate of drug-likeness (QED) is 0.710. The topological polar surface area (TPSA) is 46.6 Å². The number of hydrogen-bond donors (Lipinski definition) is 0. The van der Waals surface area contributed by atoms with E-state index in [4.69, 9.17) is 4.74 Å². The van der Waals surface area contributed by atoms with Crippen LogP contribution in [-0.2, 0) is 14.3 Å². The number of rotatable bonds is 2. The SMILES string of the molecule is CC1=C2[C@H]3OC(=O)[C@@H](CN4CCCC(C)(C)C4)[C@@H]3CC[C@@]2(C)C=CC1=O. The smallest absolute Gasteiger partial charge is 0.311 e. The second-order valence-electron chi connectivity index (χ2n) is 9.82. The summed E-state index contributed by atoms with van der Waals surface area (Å²) in [5.74, 6) is 0.162. The van der Waals surface area contributed by atoms with E-state index < -0.39 is 0 Å². The number of likely N-dealkylation sites (tertiary alicyclic amines) is 1. The van der Waals surface area contributed by atoms with E-state index in [1.807, 2.05) is 13.0 Å². The van der Waals surface area contributed by atoms with Gasteiger partial charge in [-0.3, -0.25) is 9.59 Å². The highest BCUT2D eigenvalue weighted by Gasteiger charge is 2.54. The minimum atomic E-state index is -0.210. The lowest BCUT2D eigenvalue weighted by Gasteiger charge is -2.44. The van der Waals surface area contributed by atoms with E-state index in [9.17, 15) is 9.59 Å². The number of carbonyl (C=O) groups is 2. The van der Waals surface area contributed by atoms with Gasteiger partial charge in [0.05, 0.1) is 5.92 Å². The summed E-state index contributed by atoms with van der Waals surface area (Å²) in [5, 5.41) is 0. The normalized spacial score (nSPS) is 39.6. The first-order chi connectivity index (χ1) is 12.2. The van der Waals surface area contributed by atoms with Crippen LogP contribution in [0.1, 0.15) is 53.4 Å². The van der Waals surface area contributed by atoms with Crippen molar-refractivity contribution >= 4 is 11.8 Å². The van der Waals surface area contributed by atoms with Gasteiger partial charge in [0, 0.05) is 30.0 Å². The van der Waals surface area contributed by atoms with E-state index in [0.29, 0.717) is 5.41 Å². The van der Waals surface area contributed by atoms with Gasteiger partial charge in [0.15, 0.2) is 5.78 Å². The molecule has 0 spiro atoms. The van der Waals surface area contributed by atoms with Crippen molar-refractivity contribution < 1.29 is 14.3 Å². The van der Waals surface area contributed by atoms with Crippen LogP contribution in [-0.4, -0.2) is 42.4 Å². The fourth-order valence-electron chi connectivity index (χ4n) is 5.76. The highest BCUT2D eigenvalue weighted by atomic mass is 16.6. The zero-order valence-electron chi connectivity index (χ0n) is 16.5. The van der Waals surface area contributed by atoms with Gasteiger partial charge >= 0.3 is 5.97 Å². The van der Waals surface area contributed by atoms with Gasteiger partial charge in [0.25, 0.3) is 0 Å². The van der Waals surface area contributed by atoms with Crippen molar-refractivity contribution in [1.29, 1.82) is 0 Å². The van der Waals surface area contributed by atoms with Gasteiger partial charge in [0.1, 0.15) is 6.10 Å². The lowest BCUT2D eigenvalue weighted by Crippen LogP contribution is -2.45. The van der Waals surface area contributed by atoms with Crippen molar-refractivity contribution in [3.63, 3.8) is 0 Å². The van der Waals surface area contributed by atoms with Gasteiger partial charge in [-0.15, -0.1) is 0 Å². The van der Waals surface area contributed by atoms with Crippen molar-refractivity contribution in [2.75, 3.05) is 19.6 Å². The lowest BCUT2D eigenvalue weighted by atomic mass is 9.61. The highest BCUT2D eigenvalue weighted by molar-refractivity contribution is 6.05. The fourth-order valence-corrected chi connectivity index (χ4v) is 5.76. The van der Waals surface area contributed by atoms with Crippen LogP contribution in [0.5, 0.6) is 0 Å². The zero-order chi connectivity index (χ0) is 18.7. The molecule has 0 aromatic carbocycles. The van der Waals surface area contributed by atoms with Gasteiger partial charge < -0.3 is 9.64 Å². The maximum atomic E-state index is 12.8. The summed E-state index contributed by atoms with van der Waals surface area (Å²) in [6, 6.07) is 0. The Morgan fingerprint density at radius 1 is 1.23 bits per heavy atom. The molecule has 0 N–H and O–H groups in total. The van der Waals surface area contributed by atoms with Gasteiger partial charge in [-0.1, -0.05) is 26.8 Å². The molecule has 2 aliphatic carbocycles. The van der Waals surface area contributed by atoms with Crippen LogP contribution < -0.4 is 0 Å². The summed E-state index contributed by atoms with van der Waals surface area (Å²) < 4.78 is 5.92. The zero-order valence-corrected chi connectivity index (χ0v) is 16.5. The second-order valence-corrected chi connectivity index (χ2v) is 9.82. The molecule has 2 heterocycles. The Hall–Kier alpha value is -1.42. The fraction of sp³-hybridized carbons (Fsp3) is 0.727. The van der Waals surface area contributed by atoms with Gasteiger partial charge in [0.2, 0.25) is 0 Å². The Kier molecular flexibility index (Phi) is 4.18. The minimum Gasteiger partial charge on any atom is -0.457 e. The molecule has 4 nitrogen and oxygen atoms in total. The molecule has 1 saturated carbocycles. The number of fused-ring (bicyclic) bond motifs is 3. The molecule has 26 heavy (non-hydrogen) atoms. The van der Waals surface area contributed by atoms with Crippen LogP contribution in [0.4, 0.5) is 0 Å². The van der Waals surface area contributed by atoms with Crippen LogP contribution in [0.3, 0.4) is 0 Å². The van der Waals surface area contributed by atoms with Gasteiger partial charge in [-0.2, -0.15) is 0 Å². The number of esters is 1. The minimum absolute atomic E-state index is 0.0558. The summed E-state index contributed by atoms with van der Waals surface area (Å²) in [6.45, 7) is 11.6. The predicted octanol–water partition coefficient (Wildman–Crippen LogP) is 3.52. The Morgan fingerprint density at radius 3 is 2.73 bits per heavy atom. The van der Waals surface area contributed by atoms with E-state index in [1.165, 1.54) is 12.8 Å². The van der Waals surface area contributed by atoms with E-state index in [2.05, 4.69) is 25.7 Å². The number of piperidine rings is 1. The molecule has 0 amide bonds. The van der Waals surface area contributed by atoms with Gasteiger partial charge in [-0.05, 0) is 56.2 Å². The summed E-state index contributed by atoms with van der Waals surface area (Å²) in [6.07, 6.45) is 7.95. The first-order valence-electron chi connectivity index (χ1n) is 10.1. The Morgan fingerprint density at radius 2 is 2.00 bits per heavy atom.